The minimum absolute atomic E-state index is 0.0981. The summed E-state index contributed by atoms with van der Waals surface area (Å²) in [6.45, 7) is 5.10. The molecule has 0 saturated carbocycles. The van der Waals surface area contributed by atoms with Crippen LogP contribution in [0.4, 0.5) is 0 Å². The molecule has 1 amide bonds. The number of amides is 1. The third-order valence-electron chi connectivity index (χ3n) is 3.50. The summed E-state index contributed by atoms with van der Waals surface area (Å²) in [6, 6.07) is -0.0981. The van der Waals surface area contributed by atoms with Gasteiger partial charge in [0.15, 0.2) is 0 Å². The molecule has 2 atom stereocenters. The van der Waals surface area contributed by atoms with Gasteiger partial charge < -0.3 is 15.7 Å². The van der Waals surface area contributed by atoms with Crippen molar-refractivity contribution in [3.8, 4) is 0 Å². The average Bonchev–Trinajstić information content (AvgIpc) is 2.45. The Morgan fingerprint density at radius 3 is 2.94 bits per heavy atom. The van der Waals surface area contributed by atoms with Crippen LogP contribution in [0.15, 0.2) is 0 Å². The molecule has 0 aliphatic carbocycles. The van der Waals surface area contributed by atoms with E-state index in [9.17, 15) is 4.79 Å². The SMILES string of the molecule is CCC(C)(CCO)NC1CCCCNC1=O. The standard InChI is InChI=1S/C12H24N2O2/c1-3-12(2,7-9-15)14-10-6-4-5-8-13-11(10)16/h10,14-15H,3-9H2,1-2H3,(H,13,16). The first-order chi connectivity index (χ1) is 7.61. The van der Waals surface area contributed by atoms with Gasteiger partial charge in [0.25, 0.3) is 0 Å². The molecule has 0 aromatic rings. The van der Waals surface area contributed by atoms with Gasteiger partial charge in [-0.05, 0) is 39.0 Å². The summed E-state index contributed by atoms with van der Waals surface area (Å²) in [5.74, 6) is 0.107. The number of nitrogens with one attached hydrogen (secondary N) is 2. The molecule has 0 radical (unpaired) electrons. The predicted molar refractivity (Wildman–Crippen MR) is 64.2 cm³/mol. The highest BCUT2D eigenvalue weighted by molar-refractivity contribution is 5.82. The van der Waals surface area contributed by atoms with E-state index in [0.29, 0.717) is 6.42 Å². The fourth-order valence-electron chi connectivity index (χ4n) is 2.10. The lowest BCUT2D eigenvalue weighted by atomic mass is 9.93. The van der Waals surface area contributed by atoms with Crippen molar-refractivity contribution < 1.29 is 9.90 Å². The largest absolute Gasteiger partial charge is 0.396 e. The van der Waals surface area contributed by atoms with E-state index in [4.69, 9.17) is 5.11 Å². The highest BCUT2D eigenvalue weighted by atomic mass is 16.3. The van der Waals surface area contributed by atoms with Gasteiger partial charge in [-0.15, -0.1) is 0 Å². The second-order valence-electron chi connectivity index (χ2n) is 4.87. The fourth-order valence-corrected chi connectivity index (χ4v) is 2.10. The van der Waals surface area contributed by atoms with E-state index in [0.717, 1.165) is 32.2 Å². The zero-order chi connectivity index (χ0) is 12.0. The zero-order valence-corrected chi connectivity index (χ0v) is 10.4. The van der Waals surface area contributed by atoms with E-state index < -0.39 is 0 Å². The van der Waals surface area contributed by atoms with Gasteiger partial charge in [-0.2, -0.15) is 0 Å². The predicted octanol–water partition coefficient (Wildman–Crippen LogP) is 0.796. The van der Waals surface area contributed by atoms with Crippen molar-refractivity contribution in [1.82, 2.24) is 10.6 Å². The number of aliphatic hydroxyl groups excluding tert-OH is 1. The Balaban J connectivity index is 2.58. The van der Waals surface area contributed by atoms with Crippen LogP contribution in [0.1, 0.15) is 46.0 Å². The molecule has 2 unspecified atom stereocenters. The number of carbonyl (C=O) groups excluding carboxylic acids is 1. The number of rotatable bonds is 5. The molecule has 0 bridgehead atoms. The Morgan fingerprint density at radius 2 is 2.31 bits per heavy atom. The van der Waals surface area contributed by atoms with E-state index in [2.05, 4.69) is 24.5 Å². The molecule has 1 heterocycles. The molecular formula is C12H24N2O2. The van der Waals surface area contributed by atoms with Gasteiger partial charge in [-0.3, -0.25) is 4.79 Å². The summed E-state index contributed by atoms with van der Waals surface area (Å²) in [4.78, 5) is 11.8. The van der Waals surface area contributed by atoms with Crippen molar-refractivity contribution in [2.45, 2.75) is 57.5 Å². The van der Waals surface area contributed by atoms with Gasteiger partial charge in [0.1, 0.15) is 0 Å². The first kappa shape index (κ1) is 13.5. The molecule has 1 fully saturated rings. The van der Waals surface area contributed by atoms with E-state index >= 15 is 0 Å². The van der Waals surface area contributed by atoms with E-state index in [1.807, 2.05) is 0 Å². The minimum Gasteiger partial charge on any atom is -0.396 e. The first-order valence-corrected chi connectivity index (χ1v) is 6.27. The van der Waals surface area contributed by atoms with Crippen molar-refractivity contribution in [3.63, 3.8) is 0 Å². The Morgan fingerprint density at radius 1 is 1.56 bits per heavy atom. The second-order valence-corrected chi connectivity index (χ2v) is 4.87. The number of hydrogen-bond acceptors (Lipinski definition) is 3. The van der Waals surface area contributed by atoms with E-state index in [1.54, 1.807) is 0 Å². The minimum atomic E-state index is -0.138. The third-order valence-corrected chi connectivity index (χ3v) is 3.50. The molecule has 0 aromatic carbocycles. The van der Waals surface area contributed by atoms with Gasteiger partial charge in [0, 0.05) is 18.7 Å². The highest BCUT2D eigenvalue weighted by Crippen LogP contribution is 2.17. The smallest absolute Gasteiger partial charge is 0.237 e. The van der Waals surface area contributed by atoms with Gasteiger partial charge in [0.05, 0.1) is 6.04 Å². The van der Waals surface area contributed by atoms with Crippen LogP contribution in [0.3, 0.4) is 0 Å². The van der Waals surface area contributed by atoms with Crippen molar-refractivity contribution in [2.24, 2.45) is 0 Å². The normalized spacial score (nSPS) is 25.7. The van der Waals surface area contributed by atoms with Crippen LogP contribution in [-0.2, 0) is 4.79 Å². The quantitative estimate of drug-likeness (QED) is 0.652. The summed E-state index contributed by atoms with van der Waals surface area (Å²) in [5, 5.41) is 15.4. The van der Waals surface area contributed by atoms with Crippen molar-refractivity contribution in [3.05, 3.63) is 0 Å². The summed E-state index contributed by atoms with van der Waals surface area (Å²) in [5.41, 5.74) is -0.138. The molecule has 1 rings (SSSR count). The Hall–Kier alpha value is -0.610. The lowest BCUT2D eigenvalue weighted by Gasteiger charge is -2.33. The van der Waals surface area contributed by atoms with Gasteiger partial charge in [-0.25, -0.2) is 0 Å². The van der Waals surface area contributed by atoms with Crippen LogP contribution in [0.5, 0.6) is 0 Å². The number of aliphatic hydroxyl groups is 1. The monoisotopic (exact) mass is 228 g/mol. The van der Waals surface area contributed by atoms with E-state index in [1.165, 1.54) is 0 Å². The summed E-state index contributed by atoms with van der Waals surface area (Å²) >= 11 is 0. The molecule has 16 heavy (non-hydrogen) atoms. The zero-order valence-electron chi connectivity index (χ0n) is 10.4. The van der Waals surface area contributed by atoms with Crippen LogP contribution in [0.2, 0.25) is 0 Å². The van der Waals surface area contributed by atoms with Crippen LogP contribution in [0.25, 0.3) is 0 Å². The molecule has 1 aliphatic rings. The third kappa shape index (κ3) is 3.76. The molecule has 0 aromatic heterocycles. The van der Waals surface area contributed by atoms with E-state index in [-0.39, 0.29) is 24.1 Å². The number of carbonyl (C=O) groups is 1. The molecule has 4 nitrogen and oxygen atoms in total. The molecule has 3 N–H and O–H groups in total. The molecule has 0 spiro atoms. The van der Waals surface area contributed by atoms with Gasteiger partial charge >= 0.3 is 0 Å². The average molecular weight is 228 g/mol. The molecule has 94 valence electrons. The number of hydrogen-bond donors (Lipinski definition) is 3. The molecule has 1 aliphatic heterocycles. The molecular weight excluding hydrogens is 204 g/mol. The molecule has 1 saturated heterocycles. The Bertz CT molecular complexity index is 233. The van der Waals surface area contributed by atoms with Crippen LogP contribution < -0.4 is 10.6 Å². The summed E-state index contributed by atoms with van der Waals surface area (Å²) in [6.07, 6.45) is 4.64. The van der Waals surface area contributed by atoms with Crippen LogP contribution in [-0.4, -0.2) is 35.7 Å². The highest BCUT2D eigenvalue weighted by Gasteiger charge is 2.29. The van der Waals surface area contributed by atoms with Crippen molar-refractivity contribution >= 4 is 5.91 Å². The Labute approximate surface area is 97.8 Å². The van der Waals surface area contributed by atoms with Crippen LogP contribution >= 0.6 is 0 Å². The maximum atomic E-state index is 11.8. The second kappa shape index (κ2) is 6.21. The van der Waals surface area contributed by atoms with Gasteiger partial charge in [-0.1, -0.05) is 6.92 Å². The summed E-state index contributed by atoms with van der Waals surface area (Å²) in [7, 11) is 0. The first-order valence-electron chi connectivity index (χ1n) is 6.27. The summed E-state index contributed by atoms with van der Waals surface area (Å²) < 4.78 is 0. The fraction of sp³-hybridized carbons (Fsp3) is 0.917. The van der Waals surface area contributed by atoms with Crippen molar-refractivity contribution in [2.75, 3.05) is 13.2 Å². The molecule has 4 heteroatoms. The topological polar surface area (TPSA) is 61.4 Å². The maximum Gasteiger partial charge on any atom is 0.237 e. The van der Waals surface area contributed by atoms with Crippen molar-refractivity contribution in [1.29, 1.82) is 0 Å². The lowest BCUT2D eigenvalue weighted by molar-refractivity contribution is -0.123. The Kier molecular flexibility index (Phi) is 5.22. The maximum absolute atomic E-state index is 11.8. The van der Waals surface area contributed by atoms with Gasteiger partial charge in [0.2, 0.25) is 5.91 Å². The lowest BCUT2D eigenvalue weighted by Crippen LogP contribution is -2.53. The van der Waals surface area contributed by atoms with Crippen LogP contribution in [0, 0.1) is 0 Å².